The molecule has 0 radical (unpaired) electrons. The van der Waals surface area contributed by atoms with Crippen molar-refractivity contribution in [3.05, 3.63) is 22.5 Å². The first kappa shape index (κ1) is 18.2. The zero-order valence-corrected chi connectivity index (χ0v) is 14.8. The van der Waals surface area contributed by atoms with E-state index < -0.39 is 5.97 Å². The summed E-state index contributed by atoms with van der Waals surface area (Å²) in [5.74, 6) is -0.557. The highest BCUT2D eigenvalue weighted by Gasteiger charge is 2.24. The number of esters is 1. The molecule has 0 unspecified atom stereocenters. The average Bonchev–Trinajstić information content (AvgIpc) is 2.82. The zero-order chi connectivity index (χ0) is 17.9. The first-order valence-corrected chi connectivity index (χ1v) is 8.47. The molecule has 1 aromatic heterocycles. The minimum absolute atomic E-state index is 0.107. The molecule has 0 bridgehead atoms. The van der Waals surface area contributed by atoms with Gasteiger partial charge in [0.05, 0.1) is 0 Å². The quantitative estimate of drug-likeness (QED) is 0.640. The van der Waals surface area contributed by atoms with Crippen LogP contribution in [0, 0.1) is 19.8 Å². The molecule has 0 spiro atoms. The van der Waals surface area contributed by atoms with Crippen LogP contribution in [0.4, 0.5) is 0 Å². The number of amides is 1. The van der Waals surface area contributed by atoms with Crippen molar-refractivity contribution in [2.45, 2.75) is 59.4 Å². The van der Waals surface area contributed by atoms with Gasteiger partial charge in [-0.3, -0.25) is 9.59 Å². The molecule has 6 nitrogen and oxygen atoms in total. The fourth-order valence-corrected chi connectivity index (χ4v) is 3.46. The van der Waals surface area contributed by atoms with Crippen molar-refractivity contribution in [1.82, 2.24) is 10.3 Å². The smallest absolute Gasteiger partial charge is 0.355 e. The Morgan fingerprint density at radius 2 is 1.88 bits per heavy atom. The van der Waals surface area contributed by atoms with E-state index in [0.717, 1.165) is 19.3 Å². The monoisotopic (exact) mass is 334 g/mol. The Morgan fingerprint density at radius 3 is 2.46 bits per heavy atom. The normalized spacial score (nSPS) is 20.5. The van der Waals surface area contributed by atoms with E-state index in [0.29, 0.717) is 22.7 Å². The maximum Gasteiger partial charge on any atom is 0.355 e. The highest BCUT2D eigenvalue weighted by molar-refractivity contribution is 6.01. The average molecular weight is 334 g/mol. The lowest BCUT2D eigenvalue weighted by Gasteiger charge is -2.29. The second-order valence-electron chi connectivity index (χ2n) is 6.69. The summed E-state index contributed by atoms with van der Waals surface area (Å²) in [5, 5.41) is 2.94. The largest absolute Gasteiger partial charge is 0.451 e. The Bertz CT molecular complexity index is 648. The molecule has 1 fully saturated rings. The van der Waals surface area contributed by atoms with Crippen molar-refractivity contribution in [3.8, 4) is 0 Å². The van der Waals surface area contributed by atoms with Gasteiger partial charge in [-0.2, -0.15) is 0 Å². The summed E-state index contributed by atoms with van der Waals surface area (Å²) in [4.78, 5) is 38.7. The molecule has 1 aliphatic carbocycles. The first-order chi connectivity index (χ1) is 11.3. The number of Topliss-reactive ketones (excluding diaryl/α,β-unsaturated/α-hetero) is 1. The molecular weight excluding hydrogens is 308 g/mol. The van der Waals surface area contributed by atoms with E-state index in [-0.39, 0.29) is 30.0 Å². The topological polar surface area (TPSA) is 88.3 Å². The number of H-pyrrole nitrogens is 1. The fraction of sp³-hybridized carbons (Fsp3) is 0.611. The number of aromatic nitrogens is 1. The molecule has 1 amide bonds. The van der Waals surface area contributed by atoms with Crippen LogP contribution in [0.1, 0.15) is 71.6 Å². The third-order valence-corrected chi connectivity index (χ3v) is 4.79. The highest BCUT2D eigenvalue weighted by atomic mass is 16.5. The molecule has 2 N–H and O–H groups in total. The van der Waals surface area contributed by atoms with E-state index in [9.17, 15) is 14.4 Å². The highest BCUT2D eigenvalue weighted by Crippen LogP contribution is 2.23. The number of carbonyl (C=O) groups is 3. The predicted octanol–water partition coefficient (Wildman–Crippen LogP) is 2.69. The van der Waals surface area contributed by atoms with Crippen molar-refractivity contribution in [2.75, 3.05) is 6.61 Å². The molecule has 2 atom stereocenters. The Hall–Kier alpha value is -2.11. The van der Waals surface area contributed by atoms with Crippen molar-refractivity contribution in [3.63, 3.8) is 0 Å². The van der Waals surface area contributed by atoms with E-state index in [4.69, 9.17) is 4.74 Å². The van der Waals surface area contributed by atoms with Gasteiger partial charge >= 0.3 is 5.97 Å². The van der Waals surface area contributed by atoms with Crippen molar-refractivity contribution >= 4 is 17.7 Å². The zero-order valence-electron chi connectivity index (χ0n) is 14.8. The lowest BCUT2D eigenvalue weighted by molar-refractivity contribution is -0.125. The Balaban J connectivity index is 1.92. The summed E-state index contributed by atoms with van der Waals surface area (Å²) in [6.45, 7) is 6.70. The van der Waals surface area contributed by atoms with E-state index in [1.165, 1.54) is 13.3 Å². The van der Waals surface area contributed by atoms with Gasteiger partial charge in [0.15, 0.2) is 12.4 Å². The minimum Gasteiger partial charge on any atom is -0.451 e. The van der Waals surface area contributed by atoms with Crippen molar-refractivity contribution < 1.29 is 19.1 Å². The maximum absolute atomic E-state index is 12.2. The Kier molecular flexibility index (Phi) is 5.80. The number of hydrogen-bond donors (Lipinski definition) is 2. The molecule has 1 aliphatic rings. The van der Waals surface area contributed by atoms with Gasteiger partial charge in [0.1, 0.15) is 5.69 Å². The summed E-state index contributed by atoms with van der Waals surface area (Å²) in [7, 11) is 0. The van der Waals surface area contributed by atoms with Crippen LogP contribution >= 0.6 is 0 Å². The van der Waals surface area contributed by atoms with Gasteiger partial charge in [0.25, 0.3) is 5.91 Å². The van der Waals surface area contributed by atoms with E-state index in [1.54, 1.807) is 13.8 Å². The summed E-state index contributed by atoms with van der Waals surface area (Å²) in [6, 6.07) is 0.156. The molecule has 2 rings (SSSR count). The second kappa shape index (κ2) is 7.64. The molecule has 1 saturated carbocycles. The van der Waals surface area contributed by atoms with Crippen LogP contribution in [0.25, 0.3) is 0 Å². The molecule has 1 heterocycles. The molecule has 0 aliphatic heterocycles. The number of hydrogen-bond acceptors (Lipinski definition) is 4. The van der Waals surface area contributed by atoms with Crippen LogP contribution in [0.3, 0.4) is 0 Å². The van der Waals surface area contributed by atoms with Crippen molar-refractivity contribution in [1.29, 1.82) is 0 Å². The number of ketones is 1. The molecule has 6 heteroatoms. The number of nitrogens with one attached hydrogen (secondary N) is 2. The van der Waals surface area contributed by atoms with Gasteiger partial charge in [-0.15, -0.1) is 0 Å². The van der Waals surface area contributed by atoms with E-state index in [2.05, 4.69) is 17.2 Å². The van der Waals surface area contributed by atoms with Crippen LogP contribution < -0.4 is 5.32 Å². The lowest BCUT2D eigenvalue weighted by atomic mass is 9.86. The Labute approximate surface area is 142 Å². The lowest BCUT2D eigenvalue weighted by Crippen LogP contribution is -2.42. The van der Waals surface area contributed by atoms with Gasteiger partial charge in [-0.05, 0) is 45.1 Å². The molecular formula is C18H26N2O4. The van der Waals surface area contributed by atoms with E-state index in [1.807, 2.05) is 0 Å². The van der Waals surface area contributed by atoms with Crippen LogP contribution in [0.5, 0.6) is 0 Å². The van der Waals surface area contributed by atoms with Gasteiger partial charge in [-0.25, -0.2) is 4.79 Å². The molecule has 132 valence electrons. The van der Waals surface area contributed by atoms with Gasteiger partial charge in [-0.1, -0.05) is 19.8 Å². The predicted molar refractivity (Wildman–Crippen MR) is 90.1 cm³/mol. The summed E-state index contributed by atoms with van der Waals surface area (Å²) >= 11 is 0. The molecule has 24 heavy (non-hydrogen) atoms. The third-order valence-electron chi connectivity index (χ3n) is 4.79. The van der Waals surface area contributed by atoms with Crippen LogP contribution in [0.15, 0.2) is 0 Å². The molecule has 1 aromatic rings. The van der Waals surface area contributed by atoms with Crippen LogP contribution in [0.2, 0.25) is 0 Å². The van der Waals surface area contributed by atoms with Crippen molar-refractivity contribution in [2.24, 2.45) is 5.92 Å². The number of aromatic amines is 1. The number of carbonyl (C=O) groups excluding carboxylic acids is 3. The summed E-state index contributed by atoms with van der Waals surface area (Å²) < 4.78 is 5.10. The van der Waals surface area contributed by atoms with Gasteiger partial charge < -0.3 is 15.0 Å². The Morgan fingerprint density at radius 1 is 1.21 bits per heavy atom. The van der Waals surface area contributed by atoms with Crippen LogP contribution in [-0.2, 0) is 9.53 Å². The summed E-state index contributed by atoms with van der Waals surface area (Å²) in [5.41, 5.74) is 1.93. The van der Waals surface area contributed by atoms with Gasteiger partial charge in [0.2, 0.25) is 0 Å². The second-order valence-corrected chi connectivity index (χ2v) is 6.69. The summed E-state index contributed by atoms with van der Waals surface area (Å²) in [6.07, 6.45) is 4.40. The minimum atomic E-state index is -0.616. The van der Waals surface area contributed by atoms with Crippen LogP contribution in [-0.4, -0.2) is 35.3 Å². The number of ether oxygens (including phenoxy) is 1. The first-order valence-electron chi connectivity index (χ1n) is 8.47. The SMILES string of the molecule is CC(=O)c1c(C)[nH]c(C(=O)OCC(=O)N[C@@H]2CCCC[C@@H]2C)c1C. The van der Waals surface area contributed by atoms with Gasteiger partial charge in [0, 0.05) is 17.3 Å². The molecule has 0 aromatic carbocycles. The third kappa shape index (κ3) is 4.04. The fourth-order valence-electron chi connectivity index (χ4n) is 3.46. The number of rotatable bonds is 5. The number of aryl methyl sites for hydroxylation is 1. The molecule has 0 saturated heterocycles. The maximum atomic E-state index is 12.2. The standard InChI is InChI=1S/C18H26N2O4/c1-10-7-5-6-8-14(10)20-15(22)9-24-18(23)17-11(2)16(13(4)21)12(3)19-17/h10,14,19H,5-9H2,1-4H3,(H,20,22)/t10-,14+/m0/s1. The van der Waals surface area contributed by atoms with E-state index >= 15 is 0 Å².